The van der Waals surface area contributed by atoms with Crippen molar-refractivity contribution in [2.75, 3.05) is 11.9 Å². The van der Waals surface area contributed by atoms with E-state index in [1.165, 1.54) is 0 Å². The Balaban J connectivity index is 1.97. The van der Waals surface area contributed by atoms with Crippen LogP contribution in [0.1, 0.15) is 13.3 Å². The number of hydrogen-bond acceptors (Lipinski definition) is 4. The summed E-state index contributed by atoms with van der Waals surface area (Å²) in [7, 11) is 0. The lowest BCUT2D eigenvalue weighted by Crippen LogP contribution is -2.04. The third kappa shape index (κ3) is 2.59. The molecule has 0 fully saturated rings. The minimum atomic E-state index is 0.652. The predicted octanol–water partition coefficient (Wildman–Crippen LogP) is 3.51. The maximum Gasteiger partial charge on any atom is 0.223 e. The van der Waals surface area contributed by atoms with Gasteiger partial charge in [-0.1, -0.05) is 31.2 Å². The number of fused-ring (bicyclic) bond motifs is 1. The molecule has 0 saturated heterocycles. The van der Waals surface area contributed by atoms with Gasteiger partial charge in [-0.3, -0.25) is 0 Å². The monoisotopic (exact) mass is 264 g/mol. The quantitative estimate of drug-likeness (QED) is 0.783. The van der Waals surface area contributed by atoms with E-state index in [1.54, 1.807) is 6.20 Å². The highest BCUT2D eigenvalue weighted by molar-refractivity contribution is 5.80. The van der Waals surface area contributed by atoms with Crippen LogP contribution in [0.4, 0.5) is 5.95 Å². The number of anilines is 1. The van der Waals surface area contributed by atoms with Crippen LogP contribution in [-0.4, -0.2) is 21.5 Å². The van der Waals surface area contributed by atoms with Crippen molar-refractivity contribution in [2.45, 2.75) is 13.3 Å². The van der Waals surface area contributed by atoms with E-state index in [1.807, 2.05) is 30.3 Å². The largest absolute Gasteiger partial charge is 0.354 e. The van der Waals surface area contributed by atoms with Gasteiger partial charge in [0.2, 0.25) is 5.95 Å². The number of rotatable bonds is 4. The molecule has 4 nitrogen and oxygen atoms in total. The molecule has 0 bridgehead atoms. The highest BCUT2D eigenvalue weighted by Gasteiger charge is 2.04. The summed E-state index contributed by atoms with van der Waals surface area (Å²) in [5, 5.41) is 4.33. The van der Waals surface area contributed by atoms with Gasteiger partial charge in [0.05, 0.1) is 16.9 Å². The molecular formula is C16H16N4. The van der Waals surface area contributed by atoms with Gasteiger partial charge in [-0.2, -0.15) is 0 Å². The fourth-order valence-electron chi connectivity index (χ4n) is 2.03. The van der Waals surface area contributed by atoms with Crippen LogP contribution in [0.2, 0.25) is 0 Å². The molecule has 0 atom stereocenters. The Hall–Kier alpha value is -2.49. The number of nitrogens with one attached hydrogen (secondary N) is 1. The van der Waals surface area contributed by atoms with Gasteiger partial charge in [0.25, 0.3) is 0 Å². The number of nitrogens with zero attached hydrogens (tertiary/aromatic N) is 3. The number of hydrogen-bond donors (Lipinski definition) is 1. The maximum atomic E-state index is 4.65. The van der Waals surface area contributed by atoms with E-state index >= 15 is 0 Å². The molecule has 100 valence electrons. The second kappa shape index (κ2) is 5.65. The lowest BCUT2D eigenvalue weighted by molar-refractivity contribution is 0.952. The molecule has 0 radical (unpaired) electrons. The minimum absolute atomic E-state index is 0.652. The molecule has 1 N–H and O–H groups in total. The van der Waals surface area contributed by atoms with Crippen LogP contribution in [0.3, 0.4) is 0 Å². The van der Waals surface area contributed by atoms with E-state index in [9.17, 15) is 0 Å². The van der Waals surface area contributed by atoms with Gasteiger partial charge in [-0.25, -0.2) is 15.0 Å². The fraction of sp³-hybridized carbons (Fsp3) is 0.188. The summed E-state index contributed by atoms with van der Waals surface area (Å²) in [6, 6.07) is 14.0. The van der Waals surface area contributed by atoms with Crippen molar-refractivity contribution >= 4 is 16.9 Å². The summed E-state index contributed by atoms with van der Waals surface area (Å²) in [6.45, 7) is 2.98. The molecular weight excluding hydrogens is 248 g/mol. The molecule has 0 amide bonds. The molecule has 2 heterocycles. The zero-order valence-corrected chi connectivity index (χ0v) is 11.4. The molecule has 2 aromatic heterocycles. The zero-order valence-electron chi connectivity index (χ0n) is 11.4. The Kier molecular flexibility index (Phi) is 3.54. The molecule has 0 aliphatic rings. The van der Waals surface area contributed by atoms with E-state index in [2.05, 4.69) is 39.3 Å². The van der Waals surface area contributed by atoms with Crippen molar-refractivity contribution in [1.29, 1.82) is 0 Å². The first-order valence-corrected chi connectivity index (χ1v) is 6.80. The first kappa shape index (κ1) is 12.5. The Bertz CT molecular complexity index is 724. The third-order valence-electron chi connectivity index (χ3n) is 3.05. The molecule has 3 rings (SSSR count). The van der Waals surface area contributed by atoms with Crippen molar-refractivity contribution < 1.29 is 0 Å². The molecule has 0 spiro atoms. The van der Waals surface area contributed by atoms with Crippen molar-refractivity contribution in [2.24, 2.45) is 0 Å². The summed E-state index contributed by atoms with van der Waals surface area (Å²) in [4.78, 5) is 13.4. The SMILES string of the molecule is CCCNc1nccc(-c2ccc3ccccc3n2)n1. The maximum absolute atomic E-state index is 4.65. The minimum Gasteiger partial charge on any atom is -0.354 e. The summed E-state index contributed by atoms with van der Waals surface area (Å²) in [5.41, 5.74) is 2.68. The molecule has 4 heteroatoms. The van der Waals surface area contributed by atoms with E-state index in [4.69, 9.17) is 0 Å². The van der Waals surface area contributed by atoms with Crippen molar-refractivity contribution in [3.05, 3.63) is 48.7 Å². The van der Waals surface area contributed by atoms with E-state index in [0.29, 0.717) is 5.95 Å². The van der Waals surface area contributed by atoms with Gasteiger partial charge >= 0.3 is 0 Å². The van der Waals surface area contributed by atoms with Crippen LogP contribution >= 0.6 is 0 Å². The predicted molar refractivity (Wildman–Crippen MR) is 81.5 cm³/mol. The van der Waals surface area contributed by atoms with Gasteiger partial charge in [-0.15, -0.1) is 0 Å². The molecule has 3 aromatic rings. The van der Waals surface area contributed by atoms with Crippen molar-refractivity contribution in [1.82, 2.24) is 15.0 Å². The first-order valence-electron chi connectivity index (χ1n) is 6.80. The molecule has 1 aromatic carbocycles. The van der Waals surface area contributed by atoms with E-state index in [-0.39, 0.29) is 0 Å². The summed E-state index contributed by atoms with van der Waals surface area (Å²) in [6.07, 6.45) is 2.80. The Morgan fingerprint density at radius 1 is 0.950 bits per heavy atom. The van der Waals surface area contributed by atoms with E-state index in [0.717, 1.165) is 35.3 Å². The smallest absolute Gasteiger partial charge is 0.223 e. The van der Waals surface area contributed by atoms with Gasteiger partial charge in [0.1, 0.15) is 0 Å². The zero-order chi connectivity index (χ0) is 13.8. The van der Waals surface area contributed by atoms with Gasteiger partial charge in [0, 0.05) is 18.1 Å². The topological polar surface area (TPSA) is 50.7 Å². The Morgan fingerprint density at radius 2 is 1.80 bits per heavy atom. The fourth-order valence-corrected chi connectivity index (χ4v) is 2.03. The normalized spacial score (nSPS) is 10.7. The Morgan fingerprint density at radius 3 is 2.70 bits per heavy atom. The highest BCUT2D eigenvalue weighted by atomic mass is 15.1. The molecule has 0 aliphatic heterocycles. The van der Waals surface area contributed by atoms with Gasteiger partial charge in [0.15, 0.2) is 0 Å². The van der Waals surface area contributed by atoms with Gasteiger partial charge < -0.3 is 5.32 Å². The van der Waals surface area contributed by atoms with Crippen LogP contribution in [0, 0.1) is 0 Å². The summed E-state index contributed by atoms with van der Waals surface area (Å²) in [5.74, 6) is 0.652. The average molecular weight is 264 g/mol. The van der Waals surface area contributed by atoms with Crippen molar-refractivity contribution in [3.63, 3.8) is 0 Å². The molecule has 20 heavy (non-hydrogen) atoms. The summed E-state index contributed by atoms with van der Waals surface area (Å²) < 4.78 is 0. The lowest BCUT2D eigenvalue weighted by atomic mass is 10.2. The van der Waals surface area contributed by atoms with Crippen LogP contribution in [-0.2, 0) is 0 Å². The molecule has 0 saturated carbocycles. The summed E-state index contributed by atoms with van der Waals surface area (Å²) >= 11 is 0. The van der Waals surface area contributed by atoms with E-state index < -0.39 is 0 Å². The lowest BCUT2D eigenvalue weighted by Gasteiger charge is -2.05. The third-order valence-corrected chi connectivity index (χ3v) is 3.05. The number of para-hydroxylation sites is 1. The first-order chi connectivity index (χ1) is 9.86. The van der Waals surface area contributed by atoms with Gasteiger partial charge in [-0.05, 0) is 24.6 Å². The second-order valence-electron chi connectivity index (χ2n) is 4.58. The highest BCUT2D eigenvalue weighted by Crippen LogP contribution is 2.19. The van der Waals surface area contributed by atoms with Crippen LogP contribution in [0.25, 0.3) is 22.3 Å². The average Bonchev–Trinajstić information content (AvgIpc) is 2.53. The van der Waals surface area contributed by atoms with Crippen LogP contribution in [0.5, 0.6) is 0 Å². The van der Waals surface area contributed by atoms with Crippen LogP contribution in [0.15, 0.2) is 48.7 Å². The molecule has 0 unspecified atom stereocenters. The second-order valence-corrected chi connectivity index (χ2v) is 4.58. The standard InChI is InChI=1S/C16H16N4/c1-2-10-17-16-18-11-9-15(20-16)14-8-7-12-5-3-4-6-13(12)19-14/h3-9,11H,2,10H2,1H3,(H,17,18,20). The number of pyridine rings is 1. The number of benzene rings is 1. The van der Waals surface area contributed by atoms with Crippen LogP contribution < -0.4 is 5.32 Å². The van der Waals surface area contributed by atoms with Crippen molar-refractivity contribution in [3.8, 4) is 11.4 Å². The molecule has 0 aliphatic carbocycles. The Labute approximate surface area is 117 Å². The number of aromatic nitrogens is 3.